The first-order chi connectivity index (χ1) is 11.1. The highest BCUT2D eigenvalue weighted by Crippen LogP contribution is 2.48. The van der Waals surface area contributed by atoms with E-state index >= 15 is 0 Å². The van der Waals surface area contributed by atoms with Crippen LogP contribution in [0.5, 0.6) is 0 Å². The summed E-state index contributed by atoms with van der Waals surface area (Å²) in [5, 5.41) is 0.211. The smallest absolute Gasteiger partial charge is 0.192 e. The van der Waals surface area contributed by atoms with Crippen LogP contribution < -0.4 is 0 Å². The zero-order chi connectivity index (χ0) is 17.7. The van der Waals surface area contributed by atoms with Gasteiger partial charge < -0.3 is 4.43 Å². The number of benzene rings is 1. The minimum atomic E-state index is -1.82. The van der Waals surface area contributed by atoms with Crippen molar-refractivity contribution in [3.05, 3.63) is 35.4 Å². The lowest BCUT2D eigenvalue weighted by atomic mass is 9.88. The second kappa shape index (κ2) is 6.10. The van der Waals surface area contributed by atoms with Crippen LogP contribution in [0.1, 0.15) is 56.5 Å². The molecule has 3 rings (SSSR count). The first-order valence-corrected chi connectivity index (χ1v) is 12.3. The molecule has 132 valence electrons. The van der Waals surface area contributed by atoms with Crippen LogP contribution in [0.3, 0.4) is 0 Å². The highest BCUT2D eigenvalue weighted by molar-refractivity contribution is 6.74. The van der Waals surface area contributed by atoms with E-state index in [2.05, 4.69) is 52.9 Å². The van der Waals surface area contributed by atoms with E-state index < -0.39 is 8.32 Å². The van der Waals surface area contributed by atoms with Crippen molar-refractivity contribution in [2.45, 2.75) is 71.2 Å². The first kappa shape index (κ1) is 17.9. The van der Waals surface area contributed by atoms with Crippen LogP contribution in [0.15, 0.2) is 24.3 Å². The van der Waals surface area contributed by atoms with Crippen molar-refractivity contribution in [2.75, 3.05) is 0 Å². The maximum Gasteiger partial charge on any atom is 0.192 e. The molecule has 0 saturated heterocycles. The van der Waals surface area contributed by atoms with Gasteiger partial charge in [0.05, 0.1) is 6.10 Å². The number of hydrogen-bond acceptors (Lipinski definition) is 2. The van der Waals surface area contributed by atoms with Gasteiger partial charge in [-0.1, -0.05) is 52.0 Å². The molecule has 1 saturated carbocycles. The minimum Gasteiger partial charge on any atom is -0.413 e. The minimum absolute atomic E-state index is 0.151. The van der Waals surface area contributed by atoms with Gasteiger partial charge in [0.2, 0.25) is 0 Å². The van der Waals surface area contributed by atoms with Crippen molar-refractivity contribution in [1.82, 2.24) is 0 Å². The maximum atomic E-state index is 13.1. The molecule has 2 aliphatic rings. The zero-order valence-electron chi connectivity index (χ0n) is 16.1. The molecule has 1 aromatic carbocycles. The average Bonchev–Trinajstić information content (AvgIpc) is 2.72. The van der Waals surface area contributed by atoms with Gasteiger partial charge in [-0.15, -0.1) is 0 Å². The number of fused-ring (bicyclic) bond motifs is 2. The summed E-state index contributed by atoms with van der Waals surface area (Å²) >= 11 is 0. The lowest BCUT2D eigenvalue weighted by Gasteiger charge is -2.41. The van der Waals surface area contributed by atoms with E-state index in [1.54, 1.807) is 0 Å². The third kappa shape index (κ3) is 3.01. The van der Waals surface area contributed by atoms with Gasteiger partial charge in [-0.2, -0.15) is 0 Å². The second-order valence-corrected chi connectivity index (χ2v) is 14.1. The molecule has 0 N–H and O–H groups in total. The molecule has 1 aromatic rings. The molecular weight excluding hydrogens is 312 g/mol. The van der Waals surface area contributed by atoms with Crippen molar-refractivity contribution < 1.29 is 9.22 Å². The molecule has 4 atom stereocenters. The van der Waals surface area contributed by atoms with E-state index in [0.29, 0.717) is 17.6 Å². The van der Waals surface area contributed by atoms with Gasteiger partial charge in [0.15, 0.2) is 14.1 Å². The Balaban J connectivity index is 1.88. The van der Waals surface area contributed by atoms with Crippen LogP contribution in [-0.4, -0.2) is 20.2 Å². The van der Waals surface area contributed by atoms with Crippen LogP contribution in [0.25, 0.3) is 0 Å². The third-order valence-corrected chi connectivity index (χ3v) is 11.2. The SMILES string of the molecule is C[C@@H]1C[C@@H]2C(=O)c3ccccc3CC[C@H]2[C@@H]1O[Si](C)(C)C(C)(C)C. The highest BCUT2D eigenvalue weighted by atomic mass is 28.4. The molecule has 0 aromatic heterocycles. The molecule has 1 fully saturated rings. The summed E-state index contributed by atoms with van der Waals surface area (Å²) in [6.07, 6.45) is 3.32. The molecule has 2 aliphatic carbocycles. The fourth-order valence-corrected chi connectivity index (χ4v) is 5.69. The largest absolute Gasteiger partial charge is 0.413 e. The van der Waals surface area contributed by atoms with Gasteiger partial charge in [0, 0.05) is 11.5 Å². The first-order valence-electron chi connectivity index (χ1n) is 9.42. The van der Waals surface area contributed by atoms with E-state index in [1.165, 1.54) is 5.56 Å². The quantitative estimate of drug-likeness (QED) is 0.664. The van der Waals surface area contributed by atoms with Crippen molar-refractivity contribution in [1.29, 1.82) is 0 Å². The maximum absolute atomic E-state index is 13.1. The Hall–Kier alpha value is -0.933. The summed E-state index contributed by atoms with van der Waals surface area (Å²) in [5.41, 5.74) is 2.20. The Morgan fingerprint density at radius 1 is 1.17 bits per heavy atom. The predicted molar refractivity (Wildman–Crippen MR) is 102 cm³/mol. The van der Waals surface area contributed by atoms with Crippen LogP contribution >= 0.6 is 0 Å². The molecule has 0 aliphatic heterocycles. The Bertz CT molecular complexity index is 629. The normalized spacial score (nSPS) is 30.7. The molecule has 24 heavy (non-hydrogen) atoms. The number of ketones is 1. The van der Waals surface area contributed by atoms with Crippen LogP contribution in [0.2, 0.25) is 18.1 Å². The topological polar surface area (TPSA) is 26.3 Å². The van der Waals surface area contributed by atoms with Gasteiger partial charge in [0.1, 0.15) is 0 Å². The van der Waals surface area contributed by atoms with E-state index in [9.17, 15) is 4.79 Å². The van der Waals surface area contributed by atoms with Gasteiger partial charge in [-0.05, 0) is 54.8 Å². The Labute approximate surface area is 148 Å². The molecule has 0 radical (unpaired) electrons. The van der Waals surface area contributed by atoms with Crippen LogP contribution in [-0.2, 0) is 10.8 Å². The summed E-state index contributed by atoms with van der Waals surface area (Å²) in [4.78, 5) is 13.1. The molecule has 2 nitrogen and oxygen atoms in total. The average molecular weight is 345 g/mol. The van der Waals surface area contributed by atoms with Gasteiger partial charge in [0.25, 0.3) is 0 Å². The molecule has 0 spiro atoms. The fourth-order valence-electron chi connectivity index (χ4n) is 4.25. The van der Waals surface area contributed by atoms with Crippen molar-refractivity contribution in [3.63, 3.8) is 0 Å². The number of Topliss-reactive ketones (excluding diaryl/α,β-unsaturated/α-hetero) is 1. The molecule has 0 heterocycles. The molecular formula is C21H32O2Si. The van der Waals surface area contributed by atoms with Crippen molar-refractivity contribution >= 4 is 14.1 Å². The third-order valence-electron chi connectivity index (χ3n) is 6.73. The number of hydrogen-bond donors (Lipinski definition) is 0. The van der Waals surface area contributed by atoms with Crippen molar-refractivity contribution in [3.8, 4) is 0 Å². The summed E-state index contributed by atoms with van der Waals surface area (Å²) < 4.78 is 6.83. The number of aryl methyl sites for hydroxylation is 1. The Morgan fingerprint density at radius 3 is 2.50 bits per heavy atom. The van der Waals surface area contributed by atoms with Crippen LogP contribution in [0, 0.1) is 17.8 Å². The number of rotatable bonds is 2. The predicted octanol–water partition coefficient (Wildman–Crippen LogP) is 5.48. The Morgan fingerprint density at radius 2 is 1.83 bits per heavy atom. The summed E-state index contributed by atoms with van der Waals surface area (Å²) in [6, 6.07) is 8.20. The summed E-state index contributed by atoms with van der Waals surface area (Å²) in [5.74, 6) is 1.37. The standard InChI is InChI=1S/C21H32O2Si/c1-14-13-18-17(20(14)23-24(5,6)21(2,3)4)12-11-15-9-7-8-10-16(15)19(18)22/h7-10,14,17-18,20H,11-13H2,1-6H3/t14-,17-,18+,20-/m1/s1. The fraction of sp³-hybridized carbons (Fsp3) is 0.667. The number of carbonyl (C=O) groups excluding carboxylic acids is 1. The summed E-state index contributed by atoms with van der Waals surface area (Å²) in [7, 11) is -1.82. The van der Waals surface area contributed by atoms with Gasteiger partial charge >= 0.3 is 0 Å². The van der Waals surface area contributed by atoms with Gasteiger partial charge in [-0.3, -0.25) is 4.79 Å². The monoisotopic (exact) mass is 344 g/mol. The highest BCUT2D eigenvalue weighted by Gasteiger charge is 2.50. The molecule has 3 heteroatoms. The van der Waals surface area contributed by atoms with Crippen LogP contribution in [0.4, 0.5) is 0 Å². The second-order valence-electron chi connectivity index (χ2n) is 9.39. The molecule has 0 bridgehead atoms. The number of carbonyl (C=O) groups is 1. The lowest BCUT2D eigenvalue weighted by Crippen LogP contribution is -2.46. The van der Waals surface area contributed by atoms with E-state index in [4.69, 9.17) is 4.43 Å². The lowest BCUT2D eigenvalue weighted by molar-refractivity contribution is 0.0769. The van der Waals surface area contributed by atoms with E-state index in [1.807, 2.05) is 12.1 Å². The van der Waals surface area contributed by atoms with Gasteiger partial charge in [-0.25, -0.2) is 0 Å². The van der Waals surface area contributed by atoms with E-state index in [-0.39, 0.29) is 17.1 Å². The van der Waals surface area contributed by atoms with Crippen molar-refractivity contribution in [2.24, 2.45) is 17.8 Å². The molecule has 0 amide bonds. The summed E-state index contributed by atoms with van der Waals surface area (Å²) in [6.45, 7) is 13.8. The Kier molecular flexibility index (Phi) is 4.54. The van der Waals surface area contributed by atoms with E-state index in [0.717, 1.165) is 24.8 Å². The zero-order valence-corrected chi connectivity index (χ0v) is 17.1. The molecule has 0 unspecified atom stereocenters.